The largest absolute Gasteiger partial charge is 0.351 e. The molecule has 7 heteroatoms. The molecule has 4 heterocycles. The fourth-order valence-corrected chi connectivity index (χ4v) is 3.83. The predicted molar refractivity (Wildman–Crippen MR) is 88.7 cm³/mol. The second-order valence-corrected chi connectivity index (χ2v) is 6.86. The maximum absolute atomic E-state index is 4.84. The van der Waals surface area contributed by atoms with Crippen LogP contribution in [0.5, 0.6) is 0 Å². The van der Waals surface area contributed by atoms with E-state index in [4.69, 9.17) is 14.6 Å². The molecule has 0 N–H and O–H groups in total. The van der Waals surface area contributed by atoms with E-state index < -0.39 is 0 Å². The molecule has 0 radical (unpaired) electrons. The van der Waals surface area contributed by atoms with Gasteiger partial charge >= 0.3 is 0 Å². The van der Waals surface area contributed by atoms with Gasteiger partial charge in [-0.1, -0.05) is 0 Å². The van der Waals surface area contributed by atoms with E-state index >= 15 is 0 Å². The number of hydrogen-bond acceptors (Lipinski definition) is 7. The Labute approximate surface area is 136 Å². The van der Waals surface area contributed by atoms with Gasteiger partial charge in [-0.15, -0.1) is 0 Å². The van der Waals surface area contributed by atoms with Gasteiger partial charge in [0.2, 0.25) is 11.3 Å². The Morgan fingerprint density at radius 2 is 1.26 bits per heavy atom. The summed E-state index contributed by atoms with van der Waals surface area (Å²) < 4.78 is 4.84. The van der Waals surface area contributed by atoms with Gasteiger partial charge in [-0.05, 0) is 62.7 Å². The molecule has 0 saturated carbocycles. The minimum Gasteiger partial charge on any atom is -0.351 e. The molecule has 0 bridgehead atoms. The van der Waals surface area contributed by atoms with E-state index in [-0.39, 0.29) is 0 Å². The summed E-state index contributed by atoms with van der Waals surface area (Å²) in [6.45, 7) is 6.61. The lowest BCUT2D eigenvalue weighted by Gasteiger charge is -2.39. The SMILES string of the molecule is C[C@@H]1CCCCN1c1nc2nonc2nc1N1CCCC[C@@H]1C. The van der Waals surface area contributed by atoms with Crippen molar-refractivity contribution in [2.24, 2.45) is 0 Å². The van der Waals surface area contributed by atoms with Crippen LogP contribution in [-0.2, 0) is 0 Å². The van der Waals surface area contributed by atoms with E-state index in [1.54, 1.807) is 0 Å². The number of rotatable bonds is 2. The Kier molecular flexibility index (Phi) is 3.79. The second-order valence-electron chi connectivity index (χ2n) is 6.86. The van der Waals surface area contributed by atoms with Crippen LogP contribution in [0.4, 0.5) is 11.6 Å². The number of hydrogen-bond donors (Lipinski definition) is 0. The van der Waals surface area contributed by atoms with Crippen LogP contribution in [0.1, 0.15) is 52.4 Å². The highest BCUT2D eigenvalue weighted by atomic mass is 16.6. The highest BCUT2D eigenvalue weighted by molar-refractivity contribution is 5.75. The van der Waals surface area contributed by atoms with Crippen molar-refractivity contribution in [3.05, 3.63) is 0 Å². The molecule has 0 amide bonds. The molecule has 0 spiro atoms. The highest BCUT2D eigenvalue weighted by Crippen LogP contribution is 2.34. The van der Waals surface area contributed by atoms with Gasteiger partial charge in [-0.3, -0.25) is 0 Å². The zero-order valence-electron chi connectivity index (χ0n) is 13.9. The average molecular weight is 316 g/mol. The molecular formula is C16H24N6O. The zero-order valence-corrected chi connectivity index (χ0v) is 13.9. The van der Waals surface area contributed by atoms with Gasteiger partial charge in [0.15, 0.2) is 11.6 Å². The van der Waals surface area contributed by atoms with E-state index in [0.717, 1.165) is 24.7 Å². The summed E-state index contributed by atoms with van der Waals surface area (Å²) in [5.74, 6) is 1.91. The van der Waals surface area contributed by atoms with E-state index in [2.05, 4.69) is 34.0 Å². The Morgan fingerprint density at radius 3 is 1.70 bits per heavy atom. The van der Waals surface area contributed by atoms with Crippen molar-refractivity contribution >= 4 is 22.9 Å². The molecule has 2 atom stereocenters. The molecule has 2 saturated heterocycles. The summed E-state index contributed by atoms with van der Waals surface area (Å²) in [5.41, 5.74) is 1.01. The first-order valence-electron chi connectivity index (χ1n) is 8.77. The van der Waals surface area contributed by atoms with E-state index in [1.165, 1.54) is 38.5 Å². The standard InChI is InChI=1S/C16H24N6O/c1-11-7-3-5-9-21(11)15-16(22-10-6-4-8-12(22)2)18-14-13(17-15)19-23-20-14/h11-12H,3-10H2,1-2H3/t11-,12+. The first-order valence-corrected chi connectivity index (χ1v) is 8.77. The number of nitrogens with zero attached hydrogens (tertiary/aromatic N) is 6. The quantitative estimate of drug-likeness (QED) is 0.843. The second kappa shape index (κ2) is 5.94. The minimum atomic E-state index is 0.481. The van der Waals surface area contributed by atoms with E-state index in [0.29, 0.717) is 23.4 Å². The van der Waals surface area contributed by atoms with Crippen LogP contribution in [0.2, 0.25) is 0 Å². The summed E-state index contributed by atoms with van der Waals surface area (Å²) in [7, 11) is 0. The van der Waals surface area contributed by atoms with Crippen LogP contribution in [0.3, 0.4) is 0 Å². The molecule has 4 rings (SSSR count). The Morgan fingerprint density at radius 1 is 0.783 bits per heavy atom. The van der Waals surface area contributed by atoms with Crippen molar-refractivity contribution in [1.29, 1.82) is 0 Å². The first kappa shape index (κ1) is 14.7. The molecule has 0 aliphatic carbocycles. The van der Waals surface area contributed by atoms with Crippen molar-refractivity contribution in [2.45, 2.75) is 64.5 Å². The van der Waals surface area contributed by atoms with Gasteiger partial charge < -0.3 is 9.80 Å². The Bertz CT molecular complexity index is 630. The summed E-state index contributed by atoms with van der Waals surface area (Å²) in [6, 6.07) is 0.961. The fourth-order valence-electron chi connectivity index (χ4n) is 3.83. The lowest BCUT2D eigenvalue weighted by molar-refractivity contribution is 0.314. The van der Waals surface area contributed by atoms with Crippen molar-refractivity contribution in [1.82, 2.24) is 20.3 Å². The van der Waals surface area contributed by atoms with Crippen molar-refractivity contribution < 1.29 is 4.63 Å². The summed E-state index contributed by atoms with van der Waals surface area (Å²) in [4.78, 5) is 14.3. The molecule has 2 aromatic rings. The molecule has 2 aliphatic rings. The summed E-state index contributed by atoms with van der Waals surface area (Å²) >= 11 is 0. The average Bonchev–Trinajstić information content (AvgIpc) is 3.02. The van der Waals surface area contributed by atoms with Crippen LogP contribution in [0.25, 0.3) is 11.3 Å². The predicted octanol–water partition coefficient (Wildman–Crippen LogP) is 2.77. The normalized spacial score (nSPS) is 26.0. The van der Waals surface area contributed by atoms with E-state index in [1.807, 2.05) is 0 Å². The number of fused-ring (bicyclic) bond motifs is 1. The topological polar surface area (TPSA) is 71.2 Å². The molecule has 7 nitrogen and oxygen atoms in total. The smallest absolute Gasteiger partial charge is 0.245 e. The van der Waals surface area contributed by atoms with Gasteiger partial charge in [-0.25, -0.2) is 14.6 Å². The van der Waals surface area contributed by atoms with Gasteiger partial charge in [0.1, 0.15) is 0 Å². The minimum absolute atomic E-state index is 0.481. The zero-order chi connectivity index (χ0) is 15.8. The van der Waals surface area contributed by atoms with Crippen LogP contribution in [0.15, 0.2) is 4.63 Å². The Hall–Kier alpha value is -1.92. The monoisotopic (exact) mass is 316 g/mol. The van der Waals surface area contributed by atoms with E-state index in [9.17, 15) is 0 Å². The lowest BCUT2D eigenvalue weighted by Crippen LogP contribution is -2.42. The molecule has 124 valence electrons. The van der Waals surface area contributed by atoms with Crippen molar-refractivity contribution in [3.8, 4) is 0 Å². The maximum Gasteiger partial charge on any atom is 0.245 e. The third-order valence-electron chi connectivity index (χ3n) is 5.23. The number of anilines is 2. The van der Waals surface area contributed by atoms with Crippen LogP contribution in [0, 0.1) is 0 Å². The number of piperidine rings is 2. The van der Waals surface area contributed by atoms with Gasteiger partial charge in [0.25, 0.3) is 0 Å². The molecule has 0 aromatic carbocycles. The Balaban J connectivity index is 1.81. The fraction of sp³-hybridized carbons (Fsp3) is 0.750. The molecule has 2 fully saturated rings. The third-order valence-corrected chi connectivity index (χ3v) is 5.23. The van der Waals surface area contributed by atoms with Crippen LogP contribution >= 0.6 is 0 Å². The van der Waals surface area contributed by atoms with Gasteiger partial charge in [0.05, 0.1) is 0 Å². The maximum atomic E-state index is 4.84. The van der Waals surface area contributed by atoms with Gasteiger partial charge in [0, 0.05) is 25.2 Å². The summed E-state index contributed by atoms with van der Waals surface area (Å²) in [6.07, 6.45) is 7.38. The molecule has 0 unspecified atom stereocenters. The van der Waals surface area contributed by atoms with Crippen molar-refractivity contribution in [2.75, 3.05) is 22.9 Å². The molecule has 23 heavy (non-hydrogen) atoms. The molecular weight excluding hydrogens is 292 g/mol. The highest BCUT2D eigenvalue weighted by Gasteiger charge is 2.30. The van der Waals surface area contributed by atoms with Gasteiger partial charge in [-0.2, -0.15) is 0 Å². The van der Waals surface area contributed by atoms with Crippen LogP contribution in [-0.4, -0.2) is 45.5 Å². The van der Waals surface area contributed by atoms with Crippen molar-refractivity contribution in [3.63, 3.8) is 0 Å². The molecule has 2 aliphatic heterocycles. The number of aromatic nitrogens is 4. The lowest BCUT2D eigenvalue weighted by atomic mass is 10.0. The third kappa shape index (κ3) is 2.62. The van der Waals surface area contributed by atoms with Crippen LogP contribution < -0.4 is 9.80 Å². The summed E-state index contributed by atoms with van der Waals surface area (Å²) in [5, 5.41) is 7.80. The molecule has 2 aromatic heterocycles. The first-order chi connectivity index (χ1) is 11.2.